The van der Waals surface area contributed by atoms with Gasteiger partial charge in [-0.05, 0) is 30.3 Å². The maximum atomic E-state index is 14.1. The van der Waals surface area contributed by atoms with Crippen LogP contribution in [0.4, 0.5) is 13.2 Å². The normalized spacial score (nSPS) is 11.3. The van der Waals surface area contributed by atoms with E-state index in [2.05, 4.69) is 4.98 Å². The summed E-state index contributed by atoms with van der Waals surface area (Å²) in [4.78, 5) is 4.10. The molecule has 0 aliphatic heterocycles. The van der Waals surface area contributed by atoms with E-state index in [1.807, 2.05) is 0 Å². The van der Waals surface area contributed by atoms with Crippen LogP contribution in [0.1, 0.15) is 5.82 Å². The van der Waals surface area contributed by atoms with Crippen LogP contribution in [0.25, 0.3) is 16.7 Å². The van der Waals surface area contributed by atoms with Crippen molar-refractivity contribution in [1.29, 1.82) is 0 Å². The molecule has 2 nitrogen and oxygen atoms in total. The molecule has 108 valence electrons. The van der Waals surface area contributed by atoms with Crippen LogP contribution in [0.2, 0.25) is 5.02 Å². The number of fused-ring (bicyclic) bond motifs is 1. The summed E-state index contributed by atoms with van der Waals surface area (Å²) in [6.07, 6.45) is 0. The molecule has 3 rings (SSSR count). The fourth-order valence-corrected chi connectivity index (χ4v) is 2.50. The van der Waals surface area contributed by atoms with Gasteiger partial charge in [-0.2, -0.15) is 0 Å². The number of nitrogens with zero attached hydrogens (tertiary/aromatic N) is 2. The molecule has 0 aliphatic rings. The predicted octanol–water partition coefficient (Wildman–Crippen LogP) is 4.84. The third-order valence-electron chi connectivity index (χ3n) is 3.05. The molecular formula is C14H7Cl2F3N2. The molecule has 0 unspecified atom stereocenters. The molecule has 2 aromatic carbocycles. The number of alkyl halides is 1. The Balaban J connectivity index is 2.42. The molecule has 0 amide bonds. The van der Waals surface area contributed by atoms with Gasteiger partial charge in [-0.15, -0.1) is 11.6 Å². The molecule has 1 aromatic heterocycles. The maximum Gasteiger partial charge on any atom is 0.185 e. The Labute approximate surface area is 127 Å². The summed E-state index contributed by atoms with van der Waals surface area (Å²) >= 11 is 11.5. The zero-order valence-electron chi connectivity index (χ0n) is 10.4. The van der Waals surface area contributed by atoms with Gasteiger partial charge in [0.15, 0.2) is 11.6 Å². The Bertz CT molecular complexity index is 846. The zero-order chi connectivity index (χ0) is 15.1. The standard InChI is InChI=1S/C14H7Cl2F3N2/c15-6-12-20-10-3-2-8(17)13(19)14(10)21(12)11-4-1-7(16)5-9(11)18/h1-5H,6H2. The van der Waals surface area contributed by atoms with Crippen LogP contribution >= 0.6 is 23.2 Å². The van der Waals surface area contributed by atoms with E-state index < -0.39 is 17.5 Å². The van der Waals surface area contributed by atoms with Gasteiger partial charge < -0.3 is 0 Å². The van der Waals surface area contributed by atoms with Gasteiger partial charge in [0.25, 0.3) is 0 Å². The lowest BCUT2D eigenvalue weighted by atomic mass is 10.2. The molecule has 0 saturated carbocycles. The van der Waals surface area contributed by atoms with Crippen LogP contribution in [0, 0.1) is 17.5 Å². The highest BCUT2D eigenvalue weighted by Crippen LogP contribution is 2.28. The van der Waals surface area contributed by atoms with E-state index in [1.165, 1.54) is 18.2 Å². The molecule has 0 N–H and O–H groups in total. The second-order valence-electron chi connectivity index (χ2n) is 4.32. The molecule has 0 radical (unpaired) electrons. The van der Waals surface area contributed by atoms with E-state index in [1.54, 1.807) is 0 Å². The SMILES string of the molecule is Fc1cc(Cl)ccc1-n1c(CCl)nc2ccc(F)c(F)c21. The van der Waals surface area contributed by atoms with E-state index in [-0.39, 0.29) is 33.4 Å². The van der Waals surface area contributed by atoms with Crippen LogP contribution in [-0.2, 0) is 5.88 Å². The highest BCUT2D eigenvalue weighted by molar-refractivity contribution is 6.30. The molecule has 7 heteroatoms. The monoisotopic (exact) mass is 330 g/mol. The van der Waals surface area contributed by atoms with Crippen LogP contribution in [0.15, 0.2) is 30.3 Å². The molecule has 0 spiro atoms. The summed E-state index contributed by atoms with van der Waals surface area (Å²) in [7, 11) is 0. The predicted molar refractivity (Wildman–Crippen MR) is 75.5 cm³/mol. The second-order valence-corrected chi connectivity index (χ2v) is 5.03. The van der Waals surface area contributed by atoms with Crippen LogP contribution in [0.5, 0.6) is 0 Å². The molecule has 0 atom stereocenters. The first kappa shape index (κ1) is 14.2. The zero-order valence-corrected chi connectivity index (χ0v) is 11.9. The Morgan fingerprint density at radius 1 is 1.05 bits per heavy atom. The van der Waals surface area contributed by atoms with Crippen molar-refractivity contribution in [2.75, 3.05) is 0 Å². The quantitative estimate of drug-likeness (QED) is 0.615. The maximum absolute atomic E-state index is 14.1. The van der Waals surface area contributed by atoms with Crippen molar-refractivity contribution in [1.82, 2.24) is 9.55 Å². The van der Waals surface area contributed by atoms with E-state index in [9.17, 15) is 13.2 Å². The number of hydrogen-bond acceptors (Lipinski definition) is 1. The number of halogens is 5. The number of hydrogen-bond donors (Lipinski definition) is 0. The first-order valence-electron chi connectivity index (χ1n) is 5.89. The number of aromatic nitrogens is 2. The first-order valence-corrected chi connectivity index (χ1v) is 6.81. The fraction of sp³-hybridized carbons (Fsp3) is 0.0714. The smallest absolute Gasteiger partial charge is 0.185 e. The molecule has 3 aromatic rings. The average molecular weight is 331 g/mol. The molecule has 0 saturated heterocycles. The van der Waals surface area contributed by atoms with Gasteiger partial charge in [0.2, 0.25) is 0 Å². The molecule has 0 fully saturated rings. The van der Waals surface area contributed by atoms with Crippen LogP contribution < -0.4 is 0 Å². The highest BCUT2D eigenvalue weighted by atomic mass is 35.5. The largest absolute Gasteiger partial charge is 0.290 e. The summed E-state index contributed by atoms with van der Waals surface area (Å²) in [5.74, 6) is -2.71. The van der Waals surface area contributed by atoms with Gasteiger partial charge in [-0.1, -0.05) is 11.6 Å². The molecule has 0 bridgehead atoms. The topological polar surface area (TPSA) is 17.8 Å². The average Bonchev–Trinajstić information content (AvgIpc) is 2.82. The van der Waals surface area contributed by atoms with Crippen molar-refractivity contribution in [2.45, 2.75) is 5.88 Å². The highest BCUT2D eigenvalue weighted by Gasteiger charge is 2.20. The summed E-state index contributed by atoms with van der Waals surface area (Å²) in [6, 6.07) is 6.16. The lowest BCUT2D eigenvalue weighted by Gasteiger charge is -2.10. The van der Waals surface area contributed by atoms with E-state index in [0.717, 1.165) is 16.7 Å². The Morgan fingerprint density at radius 2 is 1.81 bits per heavy atom. The van der Waals surface area contributed by atoms with Crippen molar-refractivity contribution in [3.8, 4) is 5.69 Å². The van der Waals surface area contributed by atoms with Crippen molar-refractivity contribution < 1.29 is 13.2 Å². The molecule has 0 aliphatic carbocycles. The number of imidazole rings is 1. The first-order chi connectivity index (χ1) is 10.0. The fourth-order valence-electron chi connectivity index (χ4n) is 2.16. The number of rotatable bonds is 2. The summed E-state index contributed by atoms with van der Waals surface area (Å²) < 4.78 is 42.8. The molecular weight excluding hydrogens is 324 g/mol. The van der Waals surface area contributed by atoms with Crippen molar-refractivity contribution >= 4 is 34.2 Å². The number of benzene rings is 2. The van der Waals surface area contributed by atoms with Gasteiger partial charge in [0, 0.05) is 5.02 Å². The third kappa shape index (κ3) is 2.26. The van der Waals surface area contributed by atoms with E-state index in [4.69, 9.17) is 23.2 Å². The lowest BCUT2D eigenvalue weighted by Crippen LogP contribution is -2.03. The summed E-state index contributed by atoms with van der Waals surface area (Å²) in [6.45, 7) is 0. The minimum atomic E-state index is -1.11. The third-order valence-corrected chi connectivity index (χ3v) is 3.52. The second kappa shape index (κ2) is 5.24. The minimum Gasteiger partial charge on any atom is -0.290 e. The Hall–Kier alpha value is -1.72. The summed E-state index contributed by atoms with van der Waals surface area (Å²) in [5, 5.41) is 0.194. The molecule has 21 heavy (non-hydrogen) atoms. The van der Waals surface area contributed by atoms with E-state index in [0.29, 0.717) is 0 Å². The Kier molecular flexibility index (Phi) is 3.55. The van der Waals surface area contributed by atoms with Gasteiger partial charge >= 0.3 is 0 Å². The van der Waals surface area contributed by atoms with E-state index >= 15 is 0 Å². The van der Waals surface area contributed by atoms with Crippen molar-refractivity contribution in [3.05, 3.63) is 58.6 Å². The van der Waals surface area contributed by atoms with Gasteiger partial charge in [-0.3, -0.25) is 4.57 Å². The van der Waals surface area contributed by atoms with Gasteiger partial charge in [0.1, 0.15) is 17.2 Å². The van der Waals surface area contributed by atoms with Crippen LogP contribution in [-0.4, -0.2) is 9.55 Å². The van der Waals surface area contributed by atoms with Crippen molar-refractivity contribution in [2.24, 2.45) is 0 Å². The minimum absolute atomic E-state index is 0.00190. The summed E-state index contributed by atoms with van der Waals surface area (Å²) in [5.41, 5.74) is 0.0350. The van der Waals surface area contributed by atoms with Crippen LogP contribution in [0.3, 0.4) is 0 Å². The van der Waals surface area contributed by atoms with Gasteiger partial charge in [0.05, 0.1) is 17.1 Å². The Morgan fingerprint density at radius 3 is 2.48 bits per heavy atom. The van der Waals surface area contributed by atoms with Crippen molar-refractivity contribution in [3.63, 3.8) is 0 Å². The van der Waals surface area contributed by atoms with Gasteiger partial charge in [-0.25, -0.2) is 18.2 Å². The lowest BCUT2D eigenvalue weighted by molar-refractivity contribution is 0.513. The molecule has 1 heterocycles.